The van der Waals surface area contributed by atoms with E-state index >= 15 is 0 Å². The maximum atomic E-state index is 13.1. The second-order valence-corrected chi connectivity index (χ2v) is 6.37. The molecule has 0 aliphatic carbocycles. The van der Waals surface area contributed by atoms with Crippen LogP contribution in [-0.2, 0) is 22.4 Å². The molecule has 27 heavy (non-hydrogen) atoms. The first-order valence-electron chi connectivity index (χ1n) is 8.97. The Bertz CT molecular complexity index is 850. The highest BCUT2D eigenvalue weighted by Gasteiger charge is 2.37. The molecule has 0 bridgehead atoms. The van der Waals surface area contributed by atoms with Crippen LogP contribution in [0.2, 0.25) is 0 Å². The number of ether oxygens (including phenoxy) is 2. The molecule has 0 unspecified atom stereocenters. The van der Waals surface area contributed by atoms with Crippen molar-refractivity contribution in [1.82, 2.24) is 5.32 Å². The summed E-state index contributed by atoms with van der Waals surface area (Å²) in [5, 5.41) is 2.83. The Balaban J connectivity index is 1.87. The van der Waals surface area contributed by atoms with Crippen molar-refractivity contribution >= 4 is 17.5 Å². The number of anilines is 1. The van der Waals surface area contributed by atoms with Gasteiger partial charge in [0.2, 0.25) is 11.8 Å². The first kappa shape index (κ1) is 18.8. The number of hydrogen-bond donors (Lipinski definition) is 1. The lowest BCUT2D eigenvalue weighted by Crippen LogP contribution is -2.48. The van der Waals surface area contributed by atoms with E-state index in [2.05, 4.69) is 5.32 Å². The first-order chi connectivity index (χ1) is 13.1. The van der Waals surface area contributed by atoms with Crippen LogP contribution in [-0.4, -0.2) is 38.6 Å². The summed E-state index contributed by atoms with van der Waals surface area (Å²) >= 11 is 0. The number of carbonyl (C=O) groups excluding carboxylic acids is 2. The third kappa shape index (κ3) is 3.74. The number of benzene rings is 2. The fraction of sp³-hybridized carbons (Fsp3) is 0.333. The molecule has 3 rings (SSSR count). The number of fused-ring (bicyclic) bond motifs is 1. The van der Waals surface area contributed by atoms with Crippen molar-refractivity contribution < 1.29 is 19.1 Å². The van der Waals surface area contributed by atoms with E-state index < -0.39 is 6.04 Å². The summed E-state index contributed by atoms with van der Waals surface area (Å²) in [6.45, 7) is 2.40. The number of nitrogens with zero attached hydrogens (tertiary/aromatic N) is 1. The zero-order valence-electron chi connectivity index (χ0n) is 15.8. The van der Waals surface area contributed by atoms with Crippen molar-refractivity contribution in [2.24, 2.45) is 0 Å². The number of likely N-dealkylation sites (N-methyl/N-ethyl adjacent to an activating group) is 1. The second kappa shape index (κ2) is 8.12. The van der Waals surface area contributed by atoms with Crippen LogP contribution in [0.3, 0.4) is 0 Å². The van der Waals surface area contributed by atoms with Crippen LogP contribution < -0.4 is 19.7 Å². The van der Waals surface area contributed by atoms with Crippen LogP contribution in [0.4, 0.5) is 5.69 Å². The molecule has 1 aliphatic rings. The van der Waals surface area contributed by atoms with E-state index in [0.29, 0.717) is 24.5 Å². The number of hydrogen-bond acceptors (Lipinski definition) is 4. The molecule has 2 amide bonds. The van der Waals surface area contributed by atoms with E-state index in [1.165, 1.54) is 0 Å². The van der Waals surface area contributed by atoms with Gasteiger partial charge in [0, 0.05) is 18.7 Å². The SMILES string of the molecule is CCNC(=O)[C@@H]1Cc2ccccc2N1C(=O)Cc1ccc(OC)c(OC)c1. The van der Waals surface area contributed by atoms with Gasteiger partial charge in [-0.3, -0.25) is 14.5 Å². The average Bonchev–Trinajstić information content (AvgIpc) is 3.08. The number of nitrogens with one attached hydrogen (secondary N) is 1. The smallest absolute Gasteiger partial charge is 0.243 e. The Morgan fingerprint density at radius 1 is 1.11 bits per heavy atom. The number of methoxy groups -OCH3 is 2. The third-order valence-corrected chi connectivity index (χ3v) is 4.70. The molecular formula is C21H24N2O4. The zero-order chi connectivity index (χ0) is 19.4. The third-order valence-electron chi connectivity index (χ3n) is 4.70. The van der Waals surface area contributed by atoms with Crippen LogP contribution in [0.25, 0.3) is 0 Å². The lowest BCUT2D eigenvalue weighted by Gasteiger charge is -2.25. The fourth-order valence-corrected chi connectivity index (χ4v) is 3.45. The maximum Gasteiger partial charge on any atom is 0.243 e. The van der Waals surface area contributed by atoms with Crippen LogP contribution in [0.5, 0.6) is 11.5 Å². The number of amides is 2. The van der Waals surface area contributed by atoms with Gasteiger partial charge in [0.1, 0.15) is 6.04 Å². The molecule has 1 aliphatic heterocycles. The first-order valence-corrected chi connectivity index (χ1v) is 8.97. The Kier molecular flexibility index (Phi) is 5.64. The minimum Gasteiger partial charge on any atom is -0.493 e. The van der Waals surface area contributed by atoms with Gasteiger partial charge in [-0.05, 0) is 36.2 Å². The summed E-state index contributed by atoms with van der Waals surface area (Å²) in [5.74, 6) is 0.933. The number of carbonyl (C=O) groups is 2. The van der Waals surface area contributed by atoms with E-state index in [1.807, 2.05) is 37.3 Å². The minimum atomic E-state index is -0.519. The van der Waals surface area contributed by atoms with E-state index in [4.69, 9.17) is 9.47 Å². The maximum absolute atomic E-state index is 13.1. The quantitative estimate of drug-likeness (QED) is 0.850. The molecule has 0 saturated carbocycles. The van der Waals surface area contributed by atoms with Gasteiger partial charge in [-0.2, -0.15) is 0 Å². The Morgan fingerprint density at radius 3 is 2.56 bits per heavy atom. The lowest BCUT2D eigenvalue weighted by atomic mass is 10.1. The van der Waals surface area contributed by atoms with Crippen molar-refractivity contribution in [3.63, 3.8) is 0 Å². The second-order valence-electron chi connectivity index (χ2n) is 6.37. The summed E-state index contributed by atoms with van der Waals surface area (Å²) < 4.78 is 10.6. The van der Waals surface area contributed by atoms with Crippen molar-refractivity contribution in [2.45, 2.75) is 25.8 Å². The molecule has 2 aromatic rings. The molecule has 0 fully saturated rings. The minimum absolute atomic E-state index is 0.122. The van der Waals surface area contributed by atoms with Crippen LogP contribution in [0.1, 0.15) is 18.1 Å². The monoisotopic (exact) mass is 368 g/mol. The van der Waals surface area contributed by atoms with Gasteiger partial charge in [-0.1, -0.05) is 24.3 Å². The van der Waals surface area contributed by atoms with Gasteiger partial charge in [0.05, 0.1) is 20.6 Å². The Labute approximate surface area is 159 Å². The average molecular weight is 368 g/mol. The van der Waals surface area contributed by atoms with Gasteiger partial charge >= 0.3 is 0 Å². The van der Waals surface area contributed by atoms with Gasteiger partial charge in [0.25, 0.3) is 0 Å². The fourth-order valence-electron chi connectivity index (χ4n) is 3.45. The highest BCUT2D eigenvalue weighted by atomic mass is 16.5. The largest absolute Gasteiger partial charge is 0.493 e. The topological polar surface area (TPSA) is 67.9 Å². The van der Waals surface area contributed by atoms with E-state index in [0.717, 1.165) is 16.8 Å². The summed E-state index contributed by atoms with van der Waals surface area (Å²) in [7, 11) is 3.13. The van der Waals surface area contributed by atoms with Gasteiger partial charge in [-0.15, -0.1) is 0 Å². The molecule has 0 saturated heterocycles. The summed E-state index contributed by atoms with van der Waals surface area (Å²) in [6, 6.07) is 12.6. The molecule has 0 aromatic heterocycles. The van der Waals surface area contributed by atoms with E-state index in [-0.39, 0.29) is 18.2 Å². The molecule has 1 N–H and O–H groups in total. The van der Waals surface area contributed by atoms with E-state index in [9.17, 15) is 9.59 Å². The molecule has 6 heteroatoms. The van der Waals surface area contributed by atoms with E-state index in [1.54, 1.807) is 31.3 Å². The van der Waals surface area contributed by atoms with Crippen molar-refractivity contribution in [2.75, 3.05) is 25.7 Å². The summed E-state index contributed by atoms with van der Waals surface area (Å²) in [4.78, 5) is 27.3. The van der Waals surface area contributed by atoms with Crippen molar-refractivity contribution in [3.8, 4) is 11.5 Å². The number of rotatable bonds is 6. The highest BCUT2D eigenvalue weighted by molar-refractivity contribution is 6.04. The Morgan fingerprint density at radius 2 is 1.85 bits per heavy atom. The molecule has 0 radical (unpaired) electrons. The number of para-hydroxylation sites is 1. The summed E-state index contributed by atoms with van der Waals surface area (Å²) in [5.41, 5.74) is 2.62. The lowest BCUT2D eigenvalue weighted by molar-refractivity contribution is -0.125. The van der Waals surface area contributed by atoms with Crippen molar-refractivity contribution in [3.05, 3.63) is 53.6 Å². The predicted octanol–water partition coefficient (Wildman–Crippen LogP) is 2.34. The molecule has 1 atom stereocenters. The summed E-state index contributed by atoms with van der Waals surface area (Å²) in [6.07, 6.45) is 0.699. The molecule has 1 heterocycles. The van der Waals surface area contributed by atoms with Gasteiger partial charge in [-0.25, -0.2) is 0 Å². The van der Waals surface area contributed by atoms with Crippen LogP contribution in [0, 0.1) is 0 Å². The molecule has 6 nitrogen and oxygen atoms in total. The van der Waals surface area contributed by atoms with Crippen molar-refractivity contribution in [1.29, 1.82) is 0 Å². The molecule has 142 valence electrons. The standard InChI is InChI=1S/C21H24N2O4/c1-4-22-21(25)17-13-15-7-5-6-8-16(15)23(17)20(24)12-14-9-10-18(26-2)19(11-14)27-3/h5-11,17H,4,12-13H2,1-3H3,(H,22,25)/t17-/m0/s1. The predicted molar refractivity (Wildman–Crippen MR) is 103 cm³/mol. The van der Waals surface area contributed by atoms with Crippen LogP contribution >= 0.6 is 0 Å². The van der Waals surface area contributed by atoms with Gasteiger partial charge < -0.3 is 14.8 Å². The van der Waals surface area contributed by atoms with Crippen LogP contribution in [0.15, 0.2) is 42.5 Å². The Hall–Kier alpha value is -3.02. The molecule has 2 aromatic carbocycles. The zero-order valence-corrected chi connectivity index (χ0v) is 15.8. The molecular weight excluding hydrogens is 344 g/mol. The van der Waals surface area contributed by atoms with Gasteiger partial charge in [0.15, 0.2) is 11.5 Å². The molecule has 0 spiro atoms. The normalized spacial score (nSPS) is 15.2. The highest BCUT2D eigenvalue weighted by Crippen LogP contribution is 2.33.